The molecule has 1 rings (SSSR count). The molecule has 0 aliphatic rings. The van der Waals surface area contributed by atoms with Gasteiger partial charge in [0, 0.05) is 13.1 Å². The Morgan fingerprint density at radius 1 is 1.21 bits per heavy atom. The fourth-order valence-corrected chi connectivity index (χ4v) is 1.75. The molecule has 19 heavy (non-hydrogen) atoms. The number of hydrogen-bond acceptors (Lipinski definition) is 4. The van der Waals surface area contributed by atoms with Crippen LogP contribution in [-0.2, 0) is 11.3 Å². The molecule has 0 spiro atoms. The number of nitrogens with two attached hydrogens (primary N) is 2. The first-order valence-corrected chi connectivity index (χ1v) is 6.17. The minimum Gasteiger partial charge on any atom is -0.351 e. The van der Waals surface area contributed by atoms with Gasteiger partial charge in [-0.1, -0.05) is 30.3 Å². The predicted molar refractivity (Wildman–Crippen MR) is 73.1 cm³/mol. The van der Waals surface area contributed by atoms with Gasteiger partial charge in [0.2, 0.25) is 5.91 Å². The van der Waals surface area contributed by atoms with Gasteiger partial charge < -0.3 is 11.5 Å². The van der Waals surface area contributed by atoms with E-state index in [0.29, 0.717) is 19.6 Å². The average Bonchev–Trinajstić information content (AvgIpc) is 2.36. The number of amides is 3. The van der Waals surface area contributed by atoms with E-state index in [2.05, 4.69) is 5.32 Å². The van der Waals surface area contributed by atoms with E-state index in [1.165, 1.54) is 0 Å². The molecule has 0 aliphatic carbocycles. The monoisotopic (exact) mass is 264 g/mol. The SMILES string of the molecule is NCCCN(CC(=O)NC(N)=O)Cc1ccccc1. The smallest absolute Gasteiger partial charge is 0.318 e. The third kappa shape index (κ3) is 6.54. The third-order valence-electron chi connectivity index (χ3n) is 2.56. The van der Waals surface area contributed by atoms with Gasteiger partial charge in [-0.05, 0) is 18.5 Å². The number of primary amides is 1. The lowest BCUT2D eigenvalue weighted by Gasteiger charge is -2.21. The van der Waals surface area contributed by atoms with E-state index in [4.69, 9.17) is 11.5 Å². The maximum Gasteiger partial charge on any atom is 0.318 e. The lowest BCUT2D eigenvalue weighted by Crippen LogP contribution is -2.42. The lowest BCUT2D eigenvalue weighted by molar-refractivity contribution is -0.121. The second-order valence-corrected chi connectivity index (χ2v) is 4.25. The Bertz CT molecular complexity index is 408. The predicted octanol–water partition coefficient (Wildman–Crippen LogP) is 0.0323. The summed E-state index contributed by atoms with van der Waals surface area (Å²) in [5, 5.41) is 2.06. The summed E-state index contributed by atoms with van der Waals surface area (Å²) in [5.41, 5.74) is 11.5. The number of benzene rings is 1. The van der Waals surface area contributed by atoms with Crippen LogP contribution in [0, 0.1) is 0 Å². The highest BCUT2D eigenvalue weighted by Crippen LogP contribution is 2.04. The second kappa shape index (κ2) is 8.23. The van der Waals surface area contributed by atoms with Crippen molar-refractivity contribution in [2.75, 3.05) is 19.6 Å². The number of nitrogens with zero attached hydrogens (tertiary/aromatic N) is 1. The molecule has 0 atom stereocenters. The molecule has 1 aromatic carbocycles. The normalized spacial score (nSPS) is 10.4. The average molecular weight is 264 g/mol. The van der Waals surface area contributed by atoms with Gasteiger partial charge in [-0.15, -0.1) is 0 Å². The van der Waals surface area contributed by atoms with Gasteiger partial charge in [-0.2, -0.15) is 0 Å². The van der Waals surface area contributed by atoms with Gasteiger partial charge in [0.05, 0.1) is 6.54 Å². The van der Waals surface area contributed by atoms with E-state index >= 15 is 0 Å². The Morgan fingerprint density at radius 2 is 1.89 bits per heavy atom. The third-order valence-corrected chi connectivity index (χ3v) is 2.56. The standard InChI is InChI=1S/C13H20N4O2/c14-7-4-8-17(10-12(18)16-13(15)19)9-11-5-2-1-3-6-11/h1-3,5-6H,4,7-10,14H2,(H3,15,16,18,19). The fourth-order valence-electron chi connectivity index (χ4n) is 1.75. The van der Waals surface area contributed by atoms with Crippen molar-refractivity contribution in [3.63, 3.8) is 0 Å². The molecule has 0 heterocycles. The zero-order chi connectivity index (χ0) is 14.1. The van der Waals surface area contributed by atoms with Gasteiger partial charge in [-0.3, -0.25) is 15.0 Å². The van der Waals surface area contributed by atoms with E-state index in [9.17, 15) is 9.59 Å². The number of urea groups is 1. The van der Waals surface area contributed by atoms with E-state index < -0.39 is 11.9 Å². The first-order chi connectivity index (χ1) is 9.11. The minimum atomic E-state index is -0.830. The number of imide groups is 1. The summed E-state index contributed by atoms with van der Waals surface area (Å²) in [4.78, 5) is 24.1. The summed E-state index contributed by atoms with van der Waals surface area (Å²) < 4.78 is 0. The highest BCUT2D eigenvalue weighted by molar-refractivity contribution is 5.94. The van der Waals surface area contributed by atoms with E-state index in [0.717, 1.165) is 12.0 Å². The molecule has 0 saturated heterocycles. The van der Waals surface area contributed by atoms with Gasteiger partial charge in [0.25, 0.3) is 0 Å². The van der Waals surface area contributed by atoms with Crippen molar-refractivity contribution >= 4 is 11.9 Å². The maximum atomic E-state index is 11.5. The molecule has 0 unspecified atom stereocenters. The molecule has 0 radical (unpaired) electrons. The molecule has 0 aromatic heterocycles. The molecule has 6 heteroatoms. The Hall–Kier alpha value is -1.92. The minimum absolute atomic E-state index is 0.123. The van der Waals surface area contributed by atoms with Gasteiger partial charge >= 0.3 is 6.03 Å². The molecule has 0 saturated carbocycles. The van der Waals surface area contributed by atoms with Crippen LogP contribution in [0.1, 0.15) is 12.0 Å². The van der Waals surface area contributed by atoms with Gasteiger partial charge in [-0.25, -0.2) is 4.79 Å². The highest BCUT2D eigenvalue weighted by atomic mass is 16.2. The van der Waals surface area contributed by atoms with Crippen molar-refractivity contribution in [3.05, 3.63) is 35.9 Å². The number of nitrogens with one attached hydrogen (secondary N) is 1. The van der Waals surface area contributed by atoms with E-state index in [1.54, 1.807) is 0 Å². The van der Waals surface area contributed by atoms with E-state index in [1.807, 2.05) is 35.2 Å². The van der Waals surface area contributed by atoms with Crippen molar-refractivity contribution in [3.8, 4) is 0 Å². The number of rotatable bonds is 7. The van der Waals surface area contributed by atoms with Crippen LogP contribution in [0.25, 0.3) is 0 Å². The first-order valence-electron chi connectivity index (χ1n) is 6.17. The molecule has 6 nitrogen and oxygen atoms in total. The Morgan fingerprint density at radius 3 is 2.47 bits per heavy atom. The zero-order valence-corrected chi connectivity index (χ0v) is 10.8. The zero-order valence-electron chi connectivity index (χ0n) is 10.8. The summed E-state index contributed by atoms with van der Waals surface area (Å²) in [7, 11) is 0. The van der Waals surface area contributed by atoms with Crippen molar-refractivity contribution in [1.82, 2.24) is 10.2 Å². The molecule has 104 valence electrons. The van der Waals surface area contributed by atoms with Crippen LogP contribution in [0.3, 0.4) is 0 Å². The molecule has 3 amide bonds. The molecule has 0 bridgehead atoms. The van der Waals surface area contributed by atoms with Crippen LogP contribution in [0.15, 0.2) is 30.3 Å². The molecule has 5 N–H and O–H groups in total. The van der Waals surface area contributed by atoms with Crippen molar-refractivity contribution in [2.45, 2.75) is 13.0 Å². The summed E-state index contributed by atoms with van der Waals surface area (Å²) >= 11 is 0. The molecular formula is C13H20N4O2. The van der Waals surface area contributed by atoms with Crippen LogP contribution >= 0.6 is 0 Å². The van der Waals surface area contributed by atoms with Crippen LogP contribution < -0.4 is 16.8 Å². The van der Waals surface area contributed by atoms with E-state index in [-0.39, 0.29) is 6.54 Å². The fraction of sp³-hybridized carbons (Fsp3) is 0.385. The Labute approximate surface area is 112 Å². The van der Waals surface area contributed by atoms with Crippen molar-refractivity contribution in [2.24, 2.45) is 11.5 Å². The van der Waals surface area contributed by atoms with Crippen molar-refractivity contribution in [1.29, 1.82) is 0 Å². The first kappa shape index (κ1) is 15.1. The van der Waals surface area contributed by atoms with Crippen LogP contribution in [0.5, 0.6) is 0 Å². The van der Waals surface area contributed by atoms with Gasteiger partial charge in [0.1, 0.15) is 0 Å². The van der Waals surface area contributed by atoms with Crippen molar-refractivity contribution < 1.29 is 9.59 Å². The molecule has 0 aliphatic heterocycles. The quantitative estimate of drug-likeness (QED) is 0.646. The molecular weight excluding hydrogens is 244 g/mol. The highest BCUT2D eigenvalue weighted by Gasteiger charge is 2.12. The lowest BCUT2D eigenvalue weighted by atomic mass is 10.2. The number of carbonyl (C=O) groups excluding carboxylic acids is 2. The number of hydrogen-bond donors (Lipinski definition) is 3. The largest absolute Gasteiger partial charge is 0.351 e. The molecule has 0 fully saturated rings. The van der Waals surface area contributed by atoms with Crippen LogP contribution in [-0.4, -0.2) is 36.5 Å². The summed E-state index contributed by atoms with van der Waals surface area (Å²) in [6, 6.07) is 8.97. The Kier molecular flexibility index (Phi) is 6.56. The number of carbonyl (C=O) groups is 2. The van der Waals surface area contributed by atoms with Gasteiger partial charge in [0.15, 0.2) is 0 Å². The topological polar surface area (TPSA) is 101 Å². The van der Waals surface area contributed by atoms with Crippen LogP contribution in [0.4, 0.5) is 4.79 Å². The molecule has 1 aromatic rings. The summed E-state index contributed by atoms with van der Waals surface area (Å²) in [6.45, 7) is 2.01. The summed E-state index contributed by atoms with van der Waals surface area (Å²) in [5.74, 6) is -0.402. The Balaban J connectivity index is 2.56. The second-order valence-electron chi connectivity index (χ2n) is 4.25. The summed E-state index contributed by atoms with van der Waals surface area (Å²) in [6.07, 6.45) is 0.788. The maximum absolute atomic E-state index is 11.5. The van der Waals surface area contributed by atoms with Crippen LogP contribution in [0.2, 0.25) is 0 Å².